The molecule has 0 aliphatic carbocycles. The lowest BCUT2D eigenvalue weighted by molar-refractivity contribution is 0.102. The van der Waals surface area contributed by atoms with Crippen LogP contribution in [0.1, 0.15) is 41.2 Å². The molecule has 0 amide bonds. The number of carbonyl (C=O) groups is 1. The van der Waals surface area contributed by atoms with Gasteiger partial charge in [-0.3, -0.25) is 4.79 Å². The molecule has 3 aromatic rings. The summed E-state index contributed by atoms with van der Waals surface area (Å²) in [6, 6.07) is 10.2. The van der Waals surface area contributed by atoms with E-state index in [9.17, 15) is 4.79 Å². The summed E-state index contributed by atoms with van der Waals surface area (Å²) in [6.45, 7) is 11.9. The molecule has 6 heteroatoms. The molecule has 0 spiro atoms. The Morgan fingerprint density at radius 1 is 1.04 bits per heavy atom. The third-order valence-corrected chi connectivity index (χ3v) is 5.80. The number of aromatic nitrogens is 4. The number of thioether (sulfide) groups is 1. The average Bonchev–Trinajstić information content (AvgIpc) is 3.19. The molecule has 0 fully saturated rings. The molecule has 2 heterocycles. The Morgan fingerprint density at radius 2 is 1.78 bits per heavy atom. The summed E-state index contributed by atoms with van der Waals surface area (Å²) in [5.41, 5.74) is 5.21. The maximum Gasteiger partial charge on any atom is 0.191 e. The highest BCUT2D eigenvalue weighted by atomic mass is 32.2. The standard InChI is InChI=1S/C21H26N4OS/c1-6-24-15(4)12-18(16(24)5)19(26)13-27-21-23-22-20(25(21)7-2)17-10-8-9-14(3)11-17/h8-12H,6-7,13H2,1-5H3. The summed E-state index contributed by atoms with van der Waals surface area (Å²) >= 11 is 1.46. The van der Waals surface area contributed by atoms with Crippen molar-refractivity contribution in [2.45, 2.75) is 52.9 Å². The lowest BCUT2D eigenvalue weighted by atomic mass is 10.1. The van der Waals surface area contributed by atoms with Gasteiger partial charge < -0.3 is 9.13 Å². The number of hydrogen-bond donors (Lipinski definition) is 0. The Kier molecular flexibility index (Phi) is 5.85. The van der Waals surface area contributed by atoms with Crippen LogP contribution < -0.4 is 0 Å². The minimum absolute atomic E-state index is 0.135. The van der Waals surface area contributed by atoms with Gasteiger partial charge >= 0.3 is 0 Å². The van der Waals surface area contributed by atoms with Gasteiger partial charge in [-0.2, -0.15) is 0 Å². The number of nitrogens with zero attached hydrogens (tertiary/aromatic N) is 4. The van der Waals surface area contributed by atoms with Gasteiger partial charge in [-0.05, 0) is 46.8 Å². The predicted molar refractivity (Wildman–Crippen MR) is 111 cm³/mol. The van der Waals surface area contributed by atoms with E-state index in [-0.39, 0.29) is 5.78 Å². The van der Waals surface area contributed by atoms with Crippen molar-refractivity contribution >= 4 is 17.5 Å². The van der Waals surface area contributed by atoms with Crippen molar-refractivity contribution < 1.29 is 4.79 Å². The first kappa shape index (κ1) is 19.4. The van der Waals surface area contributed by atoms with Crippen molar-refractivity contribution in [1.82, 2.24) is 19.3 Å². The molecule has 27 heavy (non-hydrogen) atoms. The largest absolute Gasteiger partial charge is 0.349 e. The molecule has 0 unspecified atom stereocenters. The highest BCUT2D eigenvalue weighted by Gasteiger charge is 2.18. The van der Waals surface area contributed by atoms with Crippen molar-refractivity contribution in [3.8, 4) is 11.4 Å². The predicted octanol–water partition coefficient (Wildman–Crippen LogP) is 4.69. The second-order valence-electron chi connectivity index (χ2n) is 6.66. The average molecular weight is 383 g/mol. The van der Waals surface area contributed by atoms with Crippen LogP contribution >= 0.6 is 11.8 Å². The molecule has 0 aliphatic rings. The zero-order valence-corrected chi connectivity index (χ0v) is 17.4. The van der Waals surface area contributed by atoms with Gasteiger partial charge in [0.25, 0.3) is 0 Å². The first-order valence-electron chi connectivity index (χ1n) is 9.29. The summed E-state index contributed by atoms with van der Waals surface area (Å²) in [5.74, 6) is 1.34. The molecule has 1 aromatic carbocycles. The molecular weight excluding hydrogens is 356 g/mol. The van der Waals surface area contributed by atoms with E-state index in [0.29, 0.717) is 5.75 Å². The molecule has 0 bridgehead atoms. The number of benzene rings is 1. The van der Waals surface area contributed by atoms with Crippen LogP contribution in [-0.2, 0) is 13.1 Å². The Labute approximate surface area is 164 Å². The molecule has 5 nitrogen and oxygen atoms in total. The highest BCUT2D eigenvalue weighted by molar-refractivity contribution is 7.99. The van der Waals surface area contributed by atoms with E-state index >= 15 is 0 Å². The molecule has 0 atom stereocenters. The molecule has 142 valence electrons. The number of aryl methyl sites for hydroxylation is 2. The van der Waals surface area contributed by atoms with Crippen LogP contribution in [0.2, 0.25) is 0 Å². The number of carbonyl (C=O) groups excluding carboxylic acids is 1. The summed E-state index contributed by atoms with van der Waals surface area (Å²) in [4.78, 5) is 12.7. The Hall–Kier alpha value is -2.34. The zero-order chi connectivity index (χ0) is 19.6. The van der Waals surface area contributed by atoms with Gasteiger partial charge in [0.15, 0.2) is 16.8 Å². The molecular formula is C21H26N4OS. The van der Waals surface area contributed by atoms with Crippen LogP contribution in [0.5, 0.6) is 0 Å². The summed E-state index contributed by atoms with van der Waals surface area (Å²) < 4.78 is 4.24. The molecule has 3 rings (SSSR count). The molecule has 0 saturated carbocycles. The summed E-state index contributed by atoms with van der Waals surface area (Å²) in [5, 5.41) is 9.50. The second kappa shape index (κ2) is 8.13. The van der Waals surface area contributed by atoms with Gasteiger partial charge in [-0.25, -0.2) is 0 Å². The van der Waals surface area contributed by atoms with Crippen LogP contribution in [0.25, 0.3) is 11.4 Å². The van der Waals surface area contributed by atoms with Crippen LogP contribution in [-0.4, -0.2) is 30.9 Å². The number of ketones is 1. The van der Waals surface area contributed by atoms with Crippen LogP contribution in [0.15, 0.2) is 35.5 Å². The van der Waals surface area contributed by atoms with Gasteiger partial charge in [-0.1, -0.05) is 35.5 Å². The quantitative estimate of drug-likeness (QED) is 0.439. The van der Waals surface area contributed by atoms with E-state index in [1.807, 2.05) is 32.0 Å². The summed E-state index contributed by atoms with van der Waals surface area (Å²) in [7, 11) is 0. The minimum atomic E-state index is 0.135. The van der Waals surface area contributed by atoms with E-state index in [2.05, 4.69) is 52.2 Å². The summed E-state index contributed by atoms with van der Waals surface area (Å²) in [6.07, 6.45) is 0. The molecule has 0 N–H and O–H groups in total. The zero-order valence-electron chi connectivity index (χ0n) is 16.6. The fourth-order valence-corrected chi connectivity index (χ4v) is 4.34. The van der Waals surface area contributed by atoms with E-state index in [1.165, 1.54) is 17.3 Å². The fraction of sp³-hybridized carbons (Fsp3) is 0.381. The minimum Gasteiger partial charge on any atom is -0.349 e. The maximum absolute atomic E-state index is 12.7. The Morgan fingerprint density at radius 3 is 2.41 bits per heavy atom. The van der Waals surface area contributed by atoms with Gasteiger partial charge in [0.1, 0.15) is 0 Å². The molecule has 0 radical (unpaired) electrons. The smallest absolute Gasteiger partial charge is 0.191 e. The Bertz CT molecular complexity index is 971. The van der Waals surface area contributed by atoms with E-state index < -0.39 is 0 Å². The fourth-order valence-electron chi connectivity index (χ4n) is 3.46. The molecule has 0 aliphatic heterocycles. The van der Waals surface area contributed by atoms with Crippen molar-refractivity contribution in [2.75, 3.05) is 5.75 Å². The third-order valence-electron chi connectivity index (χ3n) is 4.83. The number of Topliss-reactive ketones (excluding diaryl/α,β-unsaturated/α-hetero) is 1. The third kappa shape index (κ3) is 3.86. The maximum atomic E-state index is 12.7. The first-order chi connectivity index (χ1) is 13.0. The highest BCUT2D eigenvalue weighted by Crippen LogP contribution is 2.26. The van der Waals surface area contributed by atoms with Crippen LogP contribution in [0, 0.1) is 20.8 Å². The second-order valence-corrected chi connectivity index (χ2v) is 7.60. The Balaban J connectivity index is 1.80. The monoisotopic (exact) mass is 382 g/mol. The first-order valence-corrected chi connectivity index (χ1v) is 10.3. The number of hydrogen-bond acceptors (Lipinski definition) is 4. The van der Waals surface area contributed by atoms with Crippen molar-refractivity contribution in [3.05, 3.63) is 52.8 Å². The molecule has 2 aromatic heterocycles. The van der Waals surface area contributed by atoms with Crippen molar-refractivity contribution in [3.63, 3.8) is 0 Å². The van der Waals surface area contributed by atoms with E-state index in [1.54, 1.807) is 0 Å². The topological polar surface area (TPSA) is 52.7 Å². The SMILES string of the molecule is CCn1c(SCC(=O)c2cc(C)n(CC)c2C)nnc1-c1cccc(C)c1. The lowest BCUT2D eigenvalue weighted by Crippen LogP contribution is -2.07. The van der Waals surface area contributed by atoms with Gasteiger partial charge in [0.2, 0.25) is 0 Å². The lowest BCUT2D eigenvalue weighted by Gasteiger charge is -2.08. The van der Waals surface area contributed by atoms with Gasteiger partial charge in [0.05, 0.1) is 5.75 Å². The van der Waals surface area contributed by atoms with E-state index in [4.69, 9.17) is 0 Å². The van der Waals surface area contributed by atoms with Gasteiger partial charge in [-0.15, -0.1) is 10.2 Å². The number of rotatable bonds is 7. The van der Waals surface area contributed by atoms with Crippen LogP contribution in [0.4, 0.5) is 0 Å². The van der Waals surface area contributed by atoms with Gasteiger partial charge in [0, 0.05) is 35.6 Å². The van der Waals surface area contributed by atoms with Crippen molar-refractivity contribution in [1.29, 1.82) is 0 Å². The molecule has 0 saturated heterocycles. The van der Waals surface area contributed by atoms with Crippen molar-refractivity contribution in [2.24, 2.45) is 0 Å². The normalized spacial score (nSPS) is 11.1. The van der Waals surface area contributed by atoms with E-state index in [0.717, 1.165) is 46.6 Å². The van der Waals surface area contributed by atoms with Crippen LogP contribution in [0.3, 0.4) is 0 Å².